The number of hydrogen-bond donors (Lipinski definition) is 1. The molecule has 5 heteroatoms. The molecule has 0 aliphatic carbocycles. The third kappa shape index (κ3) is 4.82. The zero-order valence-corrected chi connectivity index (χ0v) is 13.9. The Morgan fingerprint density at radius 1 is 1.19 bits per heavy atom. The van der Waals surface area contributed by atoms with E-state index in [2.05, 4.69) is 0 Å². The van der Waals surface area contributed by atoms with Crippen LogP contribution in [-0.2, 0) is 16.6 Å². The van der Waals surface area contributed by atoms with Gasteiger partial charge in [-0.15, -0.1) is 0 Å². The molecule has 0 radical (unpaired) electrons. The lowest BCUT2D eigenvalue weighted by Crippen LogP contribution is -2.11. The molecule has 0 saturated heterocycles. The summed E-state index contributed by atoms with van der Waals surface area (Å²) in [5.41, 5.74) is 2.69. The fraction of sp³-hybridized carbons (Fsp3) is 0.250. The van der Waals surface area contributed by atoms with E-state index >= 15 is 0 Å². The van der Waals surface area contributed by atoms with Gasteiger partial charge in [0.1, 0.15) is 0 Å². The number of aliphatic hydroxyl groups excluding tert-OH is 1. The van der Waals surface area contributed by atoms with Crippen molar-refractivity contribution in [3.8, 4) is 0 Å². The molecule has 2 aromatic rings. The Kier molecular flexibility index (Phi) is 5.82. The van der Waals surface area contributed by atoms with Gasteiger partial charge >= 0.3 is 0 Å². The summed E-state index contributed by atoms with van der Waals surface area (Å²) >= 11 is 11.9. The van der Waals surface area contributed by atoms with Crippen LogP contribution in [-0.4, -0.2) is 15.1 Å². The molecule has 0 aliphatic rings. The predicted molar refractivity (Wildman–Crippen MR) is 89.3 cm³/mol. The molecule has 1 N–H and O–H groups in total. The van der Waals surface area contributed by atoms with Crippen molar-refractivity contribution in [3.63, 3.8) is 0 Å². The summed E-state index contributed by atoms with van der Waals surface area (Å²) in [4.78, 5) is 0. The second kappa shape index (κ2) is 7.41. The summed E-state index contributed by atoms with van der Waals surface area (Å²) in [6.07, 6.45) is -0.861. The maximum Gasteiger partial charge on any atom is 0.0919 e. The fourth-order valence-corrected chi connectivity index (χ4v) is 3.82. The van der Waals surface area contributed by atoms with E-state index in [4.69, 9.17) is 23.2 Å². The van der Waals surface area contributed by atoms with Crippen LogP contribution in [0.3, 0.4) is 0 Å². The monoisotopic (exact) mass is 342 g/mol. The molecule has 0 heterocycles. The van der Waals surface area contributed by atoms with Gasteiger partial charge in [-0.25, -0.2) is 0 Å². The van der Waals surface area contributed by atoms with E-state index in [0.29, 0.717) is 21.4 Å². The minimum atomic E-state index is -1.17. The number of aryl methyl sites for hydroxylation is 1. The van der Waals surface area contributed by atoms with Crippen LogP contribution >= 0.6 is 23.2 Å². The summed E-state index contributed by atoms with van der Waals surface area (Å²) < 4.78 is 12.2. The van der Waals surface area contributed by atoms with Crippen LogP contribution in [0, 0.1) is 6.92 Å². The Labute approximate surface area is 137 Å². The zero-order chi connectivity index (χ0) is 15.4. The predicted octanol–water partition coefficient (Wildman–Crippen LogP) is 4.28. The van der Waals surface area contributed by atoms with E-state index in [1.165, 1.54) is 0 Å². The molecule has 0 spiro atoms. The van der Waals surface area contributed by atoms with Gasteiger partial charge in [0.2, 0.25) is 0 Å². The molecule has 0 fully saturated rings. The van der Waals surface area contributed by atoms with Crippen LogP contribution in [0.2, 0.25) is 10.0 Å². The minimum absolute atomic E-state index is 0.148. The lowest BCUT2D eigenvalue weighted by Gasteiger charge is -2.13. The SMILES string of the molecule is Cc1cccc(C[S@@](=O)C[C@H](O)c2ccc(Cl)cc2Cl)c1. The normalized spacial score (nSPS) is 13.9. The van der Waals surface area contributed by atoms with Crippen molar-refractivity contribution in [1.29, 1.82) is 0 Å². The molecule has 0 aliphatic heterocycles. The third-order valence-corrected chi connectivity index (χ3v) is 4.98. The second-order valence-corrected chi connectivity index (χ2v) is 7.27. The highest BCUT2D eigenvalue weighted by atomic mass is 35.5. The van der Waals surface area contributed by atoms with Gasteiger partial charge in [-0.1, -0.05) is 59.1 Å². The van der Waals surface area contributed by atoms with Gasteiger partial charge < -0.3 is 5.11 Å². The second-order valence-electron chi connectivity index (χ2n) is 4.92. The molecule has 0 saturated carbocycles. The van der Waals surface area contributed by atoms with Gasteiger partial charge in [-0.3, -0.25) is 4.21 Å². The Hall–Kier alpha value is -0.870. The van der Waals surface area contributed by atoms with Crippen molar-refractivity contribution in [2.24, 2.45) is 0 Å². The first-order valence-electron chi connectivity index (χ1n) is 6.49. The standard InChI is InChI=1S/C16H16Cl2O2S/c1-11-3-2-4-12(7-11)9-21(20)10-16(19)14-6-5-13(17)8-15(14)18/h2-8,16,19H,9-10H2,1H3/t16-,21+/m0/s1. The largest absolute Gasteiger partial charge is 0.387 e. The van der Waals surface area contributed by atoms with Crippen LogP contribution in [0.15, 0.2) is 42.5 Å². The number of benzene rings is 2. The van der Waals surface area contributed by atoms with Crippen molar-refractivity contribution in [2.45, 2.75) is 18.8 Å². The molecular formula is C16H16Cl2O2S. The Bertz CT molecular complexity index is 658. The lowest BCUT2D eigenvalue weighted by atomic mass is 10.1. The van der Waals surface area contributed by atoms with E-state index in [1.807, 2.05) is 31.2 Å². The molecule has 112 valence electrons. The summed E-state index contributed by atoms with van der Waals surface area (Å²) in [6.45, 7) is 1.99. The van der Waals surface area contributed by atoms with E-state index in [9.17, 15) is 9.32 Å². The minimum Gasteiger partial charge on any atom is -0.387 e. The highest BCUT2D eigenvalue weighted by Gasteiger charge is 2.15. The van der Waals surface area contributed by atoms with Crippen molar-refractivity contribution in [1.82, 2.24) is 0 Å². The number of aliphatic hydroxyl groups is 1. The average molecular weight is 343 g/mol. The first-order chi connectivity index (χ1) is 9.95. The van der Waals surface area contributed by atoms with Crippen molar-refractivity contribution in [3.05, 3.63) is 69.2 Å². The molecule has 2 aromatic carbocycles. The molecule has 2 nitrogen and oxygen atoms in total. The molecule has 0 amide bonds. The van der Waals surface area contributed by atoms with E-state index in [-0.39, 0.29) is 5.75 Å². The highest BCUT2D eigenvalue weighted by Crippen LogP contribution is 2.27. The number of rotatable bonds is 5. The van der Waals surface area contributed by atoms with Gasteiger partial charge in [0.05, 0.1) is 11.9 Å². The van der Waals surface area contributed by atoms with Gasteiger partial charge in [0.15, 0.2) is 0 Å². The van der Waals surface area contributed by atoms with Crippen LogP contribution in [0.4, 0.5) is 0 Å². The first kappa shape index (κ1) is 16.5. The summed E-state index contributed by atoms with van der Waals surface area (Å²) in [5, 5.41) is 11.1. The fourth-order valence-electron chi connectivity index (χ4n) is 2.08. The molecule has 2 atom stereocenters. The van der Waals surface area contributed by atoms with Gasteiger partial charge in [0, 0.05) is 32.2 Å². The van der Waals surface area contributed by atoms with Crippen molar-refractivity contribution < 1.29 is 9.32 Å². The van der Waals surface area contributed by atoms with E-state index in [0.717, 1.165) is 11.1 Å². The molecule has 21 heavy (non-hydrogen) atoms. The molecular weight excluding hydrogens is 327 g/mol. The Balaban J connectivity index is 2.02. The van der Waals surface area contributed by atoms with Crippen LogP contribution in [0.1, 0.15) is 22.8 Å². The lowest BCUT2D eigenvalue weighted by molar-refractivity contribution is 0.203. The van der Waals surface area contributed by atoms with Crippen LogP contribution in [0.25, 0.3) is 0 Å². The topological polar surface area (TPSA) is 37.3 Å². The maximum absolute atomic E-state index is 12.2. The highest BCUT2D eigenvalue weighted by molar-refractivity contribution is 7.84. The van der Waals surface area contributed by atoms with E-state index in [1.54, 1.807) is 18.2 Å². The van der Waals surface area contributed by atoms with Gasteiger partial charge in [0.25, 0.3) is 0 Å². The van der Waals surface area contributed by atoms with Gasteiger partial charge in [-0.05, 0) is 24.6 Å². The average Bonchev–Trinajstić information content (AvgIpc) is 2.38. The van der Waals surface area contributed by atoms with Gasteiger partial charge in [-0.2, -0.15) is 0 Å². The Morgan fingerprint density at radius 2 is 1.95 bits per heavy atom. The van der Waals surface area contributed by atoms with Crippen molar-refractivity contribution >= 4 is 34.0 Å². The maximum atomic E-state index is 12.2. The third-order valence-electron chi connectivity index (χ3n) is 3.08. The molecule has 0 unspecified atom stereocenters. The summed E-state index contributed by atoms with van der Waals surface area (Å²) in [7, 11) is -1.17. The zero-order valence-electron chi connectivity index (χ0n) is 11.6. The molecule has 2 rings (SSSR count). The van der Waals surface area contributed by atoms with Crippen LogP contribution < -0.4 is 0 Å². The summed E-state index contributed by atoms with van der Waals surface area (Å²) in [6, 6.07) is 12.8. The quantitative estimate of drug-likeness (QED) is 0.880. The smallest absolute Gasteiger partial charge is 0.0919 e. The first-order valence-corrected chi connectivity index (χ1v) is 8.73. The molecule has 0 bridgehead atoms. The van der Waals surface area contributed by atoms with Crippen molar-refractivity contribution in [2.75, 3.05) is 5.75 Å². The Morgan fingerprint density at radius 3 is 2.62 bits per heavy atom. The number of halogens is 2. The van der Waals surface area contributed by atoms with Crippen LogP contribution in [0.5, 0.6) is 0 Å². The molecule has 0 aromatic heterocycles. The summed E-state index contributed by atoms with van der Waals surface area (Å²) in [5.74, 6) is 0.569. The number of hydrogen-bond acceptors (Lipinski definition) is 2. The van der Waals surface area contributed by atoms with E-state index < -0.39 is 16.9 Å².